The van der Waals surface area contributed by atoms with Crippen LogP contribution in [0.15, 0.2) is 0 Å². The number of thiazole rings is 1. The van der Waals surface area contributed by atoms with Crippen molar-refractivity contribution in [1.82, 2.24) is 10.3 Å². The molecule has 0 amide bonds. The lowest BCUT2D eigenvalue weighted by Gasteiger charge is -2.16. The Morgan fingerprint density at radius 1 is 1.33 bits per heavy atom. The molecule has 0 aromatic carbocycles. The van der Waals surface area contributed by atoms with Crippen molar-refractivity contribution in [3.8, 4) is 0 Å². The molecule has 1 heterocycles. The van der Waals surface area contributed by atoms with Crippen molar-refractivity contribution in [1.29, 1.82) is 0 Å². The zero-order valence-corrected chi connectivity index (χ0v) is 13.2. The molecule has 1 rings (SSSR count). The predicted molar refractivity (Wildman–Crippen MR) is 78.2 cm³/mol. The summed E-state index contributed by atoms with van der Waals surface area (Å²) in [7, 11) is 0. The van der Waals surface area contributed by atoms with Crippen molar-refractivity contribution in [2.24, 2.45) is 5.92 Å². The Morgan fingerprint density at radius 2 is 1.94 bits per heavy atom. The molecule has 0 saturated carbocycles. The van der Waals surface area contributed by atoms with Gasteiger partial charge in [0.15, 0.2) is 0 Å². The van der Waals surface area contributed by atoms with Crippen LogP contribution in [0.5, 0.6) is 0 Å². The first kappa shape index (κ1) is 15.6. The normalized spacial score (nSPS) is 15.7. The van der Waals surface area contributed by atoms with Gasteiger partial charge in [-0.05, 0) is 19.8 Å². The summed E-state index contributed by atoms with van der Waals surface area (Å²) < 4.78 is 0. The van der Waals surface area contributed by atoms with Gasteiger partial charge in [-0.3, -0.25) is 0 Å². The number of aliphatic hydroxyl groups is 1. The number of hydrogen-bond donors (Lipinski definition) is 2. The molecule has 104 valence electrons. The van der Waals surface area contributed by atoms with Gasteiger partial charge >= 0.3 is 0 Å². The van der Waals surface area contributed by atoms with Crippen LogP contribution in [0.2, 0.25) is 0 Å². The first-order valence-corrected chi connectivity index (χ1v) is 7.39. The highest BCUT2D eigenvalue weighted by Crippen LogP contribution is 2.32. The summed E-state index contributed by atoms with van der Waals surface area (Å²) in [6.07, 6.45) is 0. The van der Waals surface area contributed by atoms with E-state index in [1.54, 1.807) is 11.3 Å². The molecule has 1 aromatic rings. The van der Waals surface area contributed by atoms with Crippen molar-refractivity contribution >= 4 is 11.3 Å². The summed E-state index contributed by atoms with van der Waals surface area (Å²) in [4.78, 5) is 5.99. The molecule has 0 spiro atoms. The number of aryl methyl sites for hydroxylation is 1. The van der Waals surface area contributed by atoms with Crippen molar-refractivity contribution in [2.75, 3.05) is 13.2 Å². The minimum atomic E-state index is 0.117. The second-order valence-electron chi connectivity index (χ2n) is 6.14. The Bertz CT molecular complexity index is 382. The molecule has 2 unspecified atom stereocenters. The molecule has 0 saturated heterocycles. The lowest BCUT2D eigenvalue weighted by molar-refractivity contribution is 0.231. The fraction of sp³-hybridized carbons (Fsp3) is 0.786. The van der Waals surface area contributed by atoms with Crippen LogP contribution in [-0.4, -0.2) is 23.2 Å². The van der Waals surface area contributed by atoms with Gasteiger partial charge in [-0.2, -0.15) is 0 Å². The van der Waals surface area contributed by atoms with Crippen LogP contribution in [0.1, 0.15) is 56.2 Å². The van der Waals surface area contributed by atoms with E-state index in [0.29, 0.717) is 12.0 Å². The van der Waals surface area contributed by atoms with Crippen molar-refractivity contribution in [3.63, 3.8) is 0 Å². The van der Waals surface area contributed by atoms with Crippen LogP contribution in [0, 0.1) is 12.8 Å². The molecule has 1 aromatic heterocycles. The zero-order valence-electron chi connectivity index (χ0n) is 12.4. The molecule has 0 aliphatic heterocycles. The van der Waals surface area contributed by atoms with Gasteiger partial charge in [0, 0.05) is 29.5 Å². The van der Waals surface area contributed by atoms with Gasteiger partial charge in [0.05, 0.1) is 10.7 Å². The molecule has 3 nitrogen and oxygen atoms in total. The van der Waals surface area contributed by atoms with Crippen LogP contribution in [-0.2, 0) is 5.41 Å². The maximum Gasteiger partial charge on any atom is 0.0985 e. The number of nitrogens with one attached hydrogen (secondary N) is 1. The third-order valence-electron chi connectivity index (χ3n) is 2.95. The summed E-state index contributed by atoms with van der Waals surface area (Å²) >= 11 is 1.80. The molecule has 0 aliphatic rings. The van der Waals surface area contributed by atoms with Crippen LogP contribution >= 0.6 is 11.3 Å². The van der Waals surface area contributed by atoms with E-state index in [-0.39, 0.29) is 12.0 Å². The van der Waals surface area contributed by atoms with E-state index in [9.17, 15) is 0 Å². The molecular formula is C14H26N2OS. The van der Waals surface area contributed by atoms with Gasteiger partial charge in [-0.25, -0.2) is 4.98 Å². The summed E-state index contributed by atoms with van der Waals surface area (Å²) in [5.41, 5.74) is 1.24. The Labute approximate surface area is 115 Å². The molecule has 2 N–H and O–H groups in total. The van der Waals surface area contributed by atoms with Gasteiger partial charge in [0.2, 0.25) is 0 Å². The van der Waals surface area contributed by atoms with Gasteiger partial charge in [0.1, 0.15) is 0 Å². The van der Waals surface area contributed by atoms with Crippen molar-refractivity contribution < 1.29 is 5.11 Å². The maximum atomic E-state index is 9.03. The highest BCUT2D eigenvalue weighted by Gasteiger charge is 2.22. The lowest BCUT2D eigenvalue weighted by atomic mass is 9.98. The first-order valence-electron chi connectivity index (χ1n) is 6.57. The first-order chi connectivity index (χ1) is 8.25. The van der Waals surface area contributed by atoms with Crippen LogP contribution in [0.4, 0.5) is 0 Å². The second kappa shape index (κ2) is 6.13. The molecular weight excluding hydrogens is 244 g/mol. The Kier molecular flexibility index (Phi) is 5.32. The average Bonchev–Trinajstić information content (AvgIpc) is 2.67. The summed E-state index contributed by atoms with van der Waals surface area (Å²) in [5, 5.41) is 13.7. The molecule has 0 radical (unpaired) electrons. The topological polar surface area (TPSA) is 45.2 Å². The Morgan fingerprint density at radius 3 is 2.39 bits per heavy atom. The fourth-order valence-corrected chi connectivity index (χ4v) is 2.82. The minimum Gasteiger partial charge on any atom is -0.396 e. The largest absolute Gasteiger partial charge is 0.396 e. The van der Waals surface area contributed by atoms with E-state index >= 15 is 0 Å². The van der Waals surface area contributed by atoms with E-state index in [2.05, 4.69) is 44.9 Å². The Hall–Kier alpha value is -0.450. The minimum absolute atomic E-state index is 0.117. The van der Waals surface area contributed by atoms with Gasteiger partial charge in [-0.15, -0.1) is 11.3 Å². The third kappa shape index (κ3) is 4.04. The summed E-state index contributed by atoms with van der Waals surface area (Å²) in [6, 6.07) is 0.299. The summed E-state index contributed by atoms with van der Waals surface area (Å²) in [5.74, 6) is 0.294. The lowest BCUT2D eigenvalue weighted by Crippen LogP contribution is -2.25. The SMILES string of the molecule is Cc1nc(C(C)(C)C)sc1C(C)NCC(C)CO. The van der Waals surface area contributed by atoms with Crippen molar-refractivity contribution in [3.05, 3.63) is 15.6 Å². The fourth-order valence-electron chi connectivity index (χ4n) is 1.67. The average molecular weight is 270 g/mol. The van der Waals surface area contributed by atoms with E-state index in [4.69, 9.17) is 5.11 Å². The number of aliphatic hydroxyl groups excluding tert-OH is 1. The highest BCUT2D eigenvalue weighted by molar-refractivity contribution is 7.12. The number of hydrogen-bond acceptors (Lipinski definition) is 4. The molecule has 2 atom stereocenters. The van der Waals surface area contributed by atoms with Crippen LogP contribution < -0.4 is 5.32 Å². The van der Waals surface area contributed by atoms with E-state index in [1.807, 2.05) is 6.92 Å². The second-order valence-corrected chi connectivity index (χ2v) is 7.17. The van der Waals surface area contributed by atoms with E-state index < -0.39 is 0 Å². The molecule has 4 heteroatoms. The van der Waals surface area contributed by atoms with Gasteiger partial charge in [0.25, 0.3) is 0 Å². The number of nitrogens with zero attached hydrogens (tertiary/aromatic N) is 1. The predicted octanol–water partition coefficient (Wildman–Crippen LogP) is 3.03. The smallest absolute Gasteiger partial charge is 0.0985 e. The van der Waals surface area contributed by atoms with Crippen LogP contribution in [0.3, 0.4) is 0 Å². The molecule has 0 aliphatic carbocycles. The van der Waals surface area contributed by atoms with Crippen LogP contribution in [0.25, 0.3) is 0 Å². The third-order valence-corrected chi connectivity index (χ3v) is 4.72. The number of rotatable bonds is 5. The monoisotopic (exact) mass is 270 g/mol. The van der Waals surface area contributed by atoms with E-state index in [0.717, 1.165) is 12.2 Å². The number of aromatic nitrogens is 1. The van der Waals surface area contributed by atoms with Gasteiger partial charge < -0.3 is 10.4 Å². The van der Waals surface area contributed by atoms with Gasteiger partial charge in [-0.1, -0.05) is 27.7 Å². The Balaban J connectivity index is 2.74. The molecule has 0 fully saturated rings. The zero-order chi connectivity index (χ0) is 13.9. The summed E-state index contributed by atoms with van der Waals surface area (Å²) in [6.45, 7) is 13.9. The quantitative estimate of drug-likeness (QED) is 0.864. The van der Waals surface area contributed by atoms with Crippen molar-refractivity contribution in [2.45, 2.75) is 53.0 Å². The standard InChI is InChI=1S/C14H26N2OS/c1-9(8-17)7-15-10(2)12-11(3)16-13(18-12)14(4,5)6/h9-10,15,17H,7-8H2,1-6H3. The van der Waals surface area contributed by atoms with E-state index in [1.165, 1.54) is 9.88 Å². The highest BCUT2D eigenvalue weighted by atomic mass is 32.1. The maximum absolute atomic E-state index is 9.03. The molecule has 0 bridgehead atoms. The molecule has 18 heavy (non-hydrogen) atoms.